The second-order valence-corrected chi connectivity index (χ2v) is 5.70. The fourth-order valence-electron chi connectivity index (χ4n) is 3.00. The molecule has 2 aromatic rings. The second kappa shape index (κ2) is 6.31. The van der Waals surface area contributed by atoms with Crippen LogP contribution in [-0.2, 0) is 13.5 Å². The first-order valence-corrected chi connectivity index (χ1v) is 7.71. The fourth-order valence-corrected chi connectivity index (χ4v) is 3.00. The summed E-state index contributed by atoms with van der Waals surface area (Å²) in [4.78, 5) is 0. The van der Waals surface area contributed by atoms with Crippen LogP contribution in [-0.4, -0.2) is 29.0 Å². The summed E-state index contributed by atoms with van der Waals surface area (Å²) in [6, 6.07) is 10.8. The van der Waals surface area contributed by atoms with Crippen molar-refractivity contribution < 1.29 is 4.74 Å². The van der Waals surface area contributed by atoms with E-state index in [-0.39, 0.29) is 0 Å². The molecule has 3 rings (SSSR count). The third kappa shape index (κ3) is 3.10. The van der Waals surface area contributed by atoms with Gasteiger partial charge in [0.05, 0.1) is 12.3 Å². The number of benzene rings is 1. The zero-order valence-corrected chi connectivity index (χ0v) is 12.7. The van der Waals surface area contributed by atoms with Gasteiger partial charge in [-0.15, -0.1) is 0 Å². The van der Waals surface area contributed by atoms with Crippen LogP contribution in [0, 0.1) is 0 Å². The Labute approximate surface area is 126 Å². The molecule has 0 bridgehead atoms. The van der Waals surface area contributed by atoms with E-state index in [4.69, 9.17) is 4.74 Å². The lowest BCUT2D eigenvalue weighted by Gasteiger charge is -2.23. The van der Waals surface area contributed by atoms with Crippen molar-refractivity contribution >= 4 is 0 Å². The van der Waals surface area contributed by atoms with E-state index in [0.717, 1.165) is 37.4 Å². The molecule has 0 amide bonds. The molecule has 0 saturated heterocycles. The van der Waals surface area contributed by atoms with Crippen molar-refractivity contribution in [3.63, 3.8) is 0 Å². The monoisotopic (exact) mass is 285 g/mol. The molecule has 1 aliphatic rings. The van der Waals surface area contributed by atoms with Crippen LogP contribution in [0.1, 0.15) is 30.5 Å². The maximum atomic E-state index is 5.85. The van der Waals surface area contributed by atoms with Crippen LogP contribution in [0.25, 0.3) is 0 Å². The molecule has 1 aromatic heterocycles. The summed E-state index contributed by atoms with van der Waals surface area (Å²) in [5.74, 6) is 1.43. The third-order valence-corrected chi connectivity index (χ3v) is 4.08. The molecule has 1 aliphatic heterocycles. The molecule has 1 N–H and O–H groups in total. The van der Waals surface area contributed by atoms with Gasteiger partial charge in [0.2, 0.25) is 0 Å². The highest BCUT2D eigenvalue weighted by atomic mass is 16.5. The van der Waals surface area contributed by atoms with Crippen molar-refractivity contribution in [1.82, 2.24) is 15.1 Å². The van der Waals surface area contributed by atoms with Crippen LogP contribution >= 0.6 is 0 Å². The van der Waals surface area contributed by atoms with Gasteiger partial charge in [0.25, 0.3) is 0 Å². The zero-order chi connectivity index (χ0) is 14.7. The molecule has 0 aliphatic carbocycles. The van der Waals surface area contributed by atoms with E-state index < -0.39 is 0 Å². The number of hydrogen-bond donors (Lipinski definition) is 1. The number of nitrogens with zero attached hydrogens (tertiary/aromatic N) is 2. The van der Waals surface area contributed by atoms with Gasteiger partial charge in [0.1, 0.15) is 5.75 Å². The Morgan fingerprint density at radius 1 is 1.38 bits per heavy atom. The molecule has 21 heavy (non-hydrogen) atoms. The minimum atomic E-state index is 0.364. The smallest absolute Gasteiger partial charge is 0.122 e. The van der Waals surface area contributed by atoms with Crippen molar-refractivity contribution in [2.75, 3.05) is 13.2 Å². The molecule has 4 nitrogen and oxygen atoms in total. The number of nitrogens with one attached hydrogen (secondary N) is 1. The number of para-hydroxylation sites is 1. The maximum Gasteiger partial charge on any atom is 0.122 e. The van der Waals surface area contributed by atoms with Gasteiger partial charge in [-0.05, 0) is 25.1 Å². The number of aromatic nitrogens is 2. The van der Waals surface area contributed by atoms with Gasteiger partial charge in [-0.3, -0.25) is 4.68 Å². The van der Waals surface area contributed by atoms with E-state index >= 15 is 0 Å². The minimum absolute atomic E-state index is 0.364. The fraction of sp³-hybridized carbons (Fsp3) is 0.471. The highest BCUT2D eigenvalue weighted by molar-refractivity contribution is 5.40. The quantitative estimate of drug-likeness (QED) is 0.886. The van der Waals surface area contributed by atoms with Crippen LogP contribution in [0.4, 0.5) is 0 Å². The van der Waals surface area contributed by atoms with E-state index in [9.17, 15) is 0 Å². The van der Waals surface area contributed by atoms with Crippen molar-refractivity contribution in [1.29, 1.82) is 0 Å². The van der Waals surface area contributed by atoms with Crippen molar-refractivity contribution in [2.24, 2.45) is 7.05 Å². The van der Waals surface area contributed by atoms with E-state index in [0.29, 0.717) is 12.0 Å². The number of aryl methyl sites for hydroxylation is 1. The molecule has 0 radical (unpaired) electrons. The lowest BCUT2D eigenvalue weighted by molar-refractivity contribution is 0.296. The third-order valence-electron chi connectivity index (χ3n) is 4.08. The van der Waals surface area contributed by atoms with Gasteiger partial charge in [0, 0.05) is 37.2 Å². The summed E-state index contributed by atoms with van der Waals surface area (Å²) < 4.78 is 7.72. The molecule has 4 heteroatoms. The Morgan fingerprint density at radius 3 is 3.00 bits per heavy atom. The van der Waals surface area contributed by atoms with Crippen molar-refractivity contribution in [2.45, 2.75) is 31.7 Å². The van der Waals surface area contributed by atoms with E-state index in [1.165, 1.54) is 5.56 Å². The number of hydrogen-bond acceptors (Lipinski definition) is 3. The summed E-state index contributed by atoms with van der Waals surface area (Å²) in [5, 5.41) is 8.20. The van der Waals surface area contributed by atoms with Gasteiger partial charge in [-0.25, -0.2) is 0 Å². The van der Waals surface area contributed by atoms with Crippen molar-refractivity contribution in [3.05, 3.63) is 47.8 Å². The Balaban J connectivity index is 1.79. The first kappa shape index (κ1) is 14.1. The normalized spacial score (nSPS) is 18.3. The number of rotatable bonds is 6. The summed E-state index contributed by atoms with van der Waals surface area (Å²) >= 11 is 0. The predicted octanol–water partition coefficient (Wildman–Crippen LogP) is 2.51. The zero-order valence-electron chi connectivity index (χ0n) is 12.7. The first-order valence-electron chi connectivity index (χ1n) is 7.71. The highest BCUT2D eigenvalue weighted by Gasteiger charge is 2.31. The molecule has 0 fully saturated rings. The average molecular weight is 285 g/mol. The molecular weight excluding hydrogens is 262 g/mol. The molecule has 2 atom stereocenters. The first-order chi connectivity index (χ1) is 10.3. The summed E-state index contributed by atoms with van der Waals surface area (Å²) in [5.41, 5.74) is 2.46. The Hall–Kier alpha value is -1.81. The Morgan fingerprint density at radius 2 is 2.24 bits per heavy atom. The average Bonchev–Trinajstić information content (AvgIpc) is 3.09. The van der Waals surface area contributed by atoms with Gasteiger partial charge in [0.15, 0.2) is 0 Å². The van der Waals surface area contributed by atoms with Gasteiger partial charge in [-0.2, -0.15) is 5.10 Å². The van der Waals surface area contributed by atoms with E-state index in [2.05, 4.69) is 41.6 Å². The van der Waals surface area contributed by atoms with Gasteiger partial charge < -0.3 is 10.1 Å². The Kier molecular flexibility index (Phi) is 4.25. The SMILES string of the molecule is CCCNC(Cc1ccn(C)n1)C1COc2ccccc21. The standard InChI is InChI=1S/C17H23N3O/c1-3-9-18-16(11-13-8-10-20(2)19-13)15-12-21-17-7-5-4-6-14(15)17/h4-8,10,15-16,18H,3,9,11-12H2,1-2H3. The van der Waals surface area contributed by atoms with Crippen LogP contribution in [0.15, 0.2) is 36.5 Å². The molecule has 1 aromatic carbocycles. The number of fused-ring (bicyclic) bond motifs is 1. The van der Waals surface area contributed by atoms with Crippen LogP contribution in [0.3, 0.4) is 0 Å². The molecular formula is C17H23N3O. The van der Waals surface area contributed by atoms with Gasteiger partial charge >= 0.3 is 0 Å². The second-order valence-electron chi connectivity index (χ2n) is 5.70. The lowest BCUT2D eigenvalue weighted by Crippen LogP contribution is -2.38. The highest BCUT2D eigenvalue weighted by Crippen LogP contribution is 2.36. The minimum Gasteiger partial charge on any atom is -0.493 e. The lowest BCUT2D eigenvalue weighted by atomic mass is 9.90. The molecule has 112 valence electrons. The molecule has 2 heterocycles. The predicted molar refractivity (Wildman–Crippen MR) is 83.7 cm³/mol. The maximum absolute atomic E-state index is 5.85. The summed E-state index contributed by atoms with van der Waals surface area (Å²) in [6.45, 7) is 3.98. The van der Waals surface area contributed by atoms with Crippen LogP contribution < -0.4 is 10.1 Å². The van der Waals surface area contributed by atoms with Gasteiger partial charge in [-0.1, -0.05) is 25.1 Å². The summed E-state index contributed by atoms with van der Waals surface area (Å²) in [7, 11) is 1.96. The topological polar surface area (TPSA) is 39.1 Å². The molecule has 0 spiro atoms. The molecule has 2 unspecified atom stereocenters. The summed E-state index contributed by atoms with van der Waals surface area (Å²) in [6.07, 6.45) is 4.07. The largest absolute Gasteiger partial charge is 0.493 e. The Bertz CT molecular complexity index is 593. The van der Waals surface area contributed by atoms with E-state index in [1.54, 1.807) is 0 Å². The van der Waals surface area contributed by atoms with Crippen LogP contribution in [0.5, 0.6) is 5.75 Å². The van der Waals surface area contributed by atoms with E-state index in [1.807, 2.05) is 24.0 Å². The van der Waals surface area contributed by atoms with Crippen LogP contribution in [0.2, 0.25) is 0 Å². The number of ether oxygens (including phenoxy) is 1. The van der Waals surface area contributed by atoms with Crippen molar-refractivity contribution in [3.8, 4) is 5.75 Å². The molecule has 0 saturated carbocycles.